The molecule has 1 aromatic heterocycles. The van der Waals surface area contributed by atoms with Gasteiger partial charge in [0.1, 0.15) is 0 Å². The van der Waals surface area contributed by atoms with E-state index < -0.39 is 0 Å². The summed E-state index contributed by atoms with van der Waals surface area (Å²) in [6.45, 7) is 10.2. The van der Waals surface area contributed by atoms with Crippen LogP contribution >= 0.6 is 0 Å². The molecule has 1 aliphatic carbocycles. The van der Waals surface area contributed by atoms with Crippen molar-refractivity contribution in [2.75, 3.05) is 0 Å². The molecule has 0 aliphatic heterocycles. The molecule has 0 bridgehead atoms. The monoisotopic (exact) mass is 248 g/mol. The molecular formula is C16H28N2. The summed E-state index contributed by atoms with van der Waals surface area (Å²) in [7, 11) is 2.15. The normalized spacial score (nSPS) is 28.6. The van der Waals surface area contributed by atoms with Crippen molar-refractivity contribution >= 4 is 0 Å². The van der Waals surface area contributed by atoms with Crippen molar-refractivity contribution in [1.29, 1.82) is 0 Å². The van der Waals surface area contributed by atoms with Crippen LogP contribution in [0.1, 0.15) is 50.1 Å². The zero-order chi connectivity index (χ0) is 13.3. The fourth-order valence-electron chi connectivity index (χ4n) is 3.32. The van der Waals surface area contributed by atoms with Crippen molar-refractivity contribution < 1.29 is 0 Å². The van der Waals surface area contributed by atoms with Gasteiger partial charge in [-0.2, -0.15) is 0 Å². The largest absolute Gasteiger partial charge is 0.352 e. The maximum absolute atomic E-state index is 3.78. The van der Waals surface area contributed by atoms with Crippen molar-refractivity contribution in [2.45, 2.75) is 59.5 Å². The summed E-state index contributed by atoms with van der Waals surface area (Å²) in [4.78, 5) is 0. The Morgan fingerprint density at radius 3 is 2.56 bits per heavy atom. The number of aryl methyl sites for hydroxylation is 1. The van der Waals surface area contributed by atoms with Gasteiger partial charge in [0.15, 0.2) is 0 Å². The summed E-state index contributed by atoms with van der Waals surface area (Å²) in [6, 6.07) is 3.03. The lowest BCUT2D eigenvalue weighted by molar-refractivity contribution is 0.227. The first-order chi connectivity index (χ1) is 8.49. The maximum atomic E-state index is 3.78. The Kier molecular flexibility index (Phi) is 4.16. The molecule has 3 atom stereocenters. The lowest BCUT2D eigenvalue weighted by Gasteiger charge is -2.33. The highest BCUT2D eigenvalue weighted by atomic mass is 15.0. The SMILES string of the molecule is Cc1cc(CNC2CCC(C)CC2C)c(C)n1C. The van der Waals surface area contributed by atoms with Gasteiger partial charge in [-0.3, -0.25) is 0 Å². The van der Waals surface area contributed by atoms with Gasteiger partial charge in [0.05, 0.1) is 0 Å². The third-order valence-electron chi connectivity index (χ3n) is 4.87. The predicted octanol–water partition coefficient (Wildman–Crippen LogP) is 3.56. The molecule has 1 aliphatic rings. The first-order valence-corrected chi connectivity index (χ1v) is 7.34. The predicted molar refractivity (Wildman–Crippen MR) is 77.7 cm³/mol. The lowest BCUT2D eigenvalue weighted by Crippen LogP contribution is -2.38. The van der Waals surface area contributed by atoms with Gasteiger partial charge in [-0.15, -0.1) is 0 Å². The van der Waals surface area contributed by atoms with E-state index in [0.29, 0.717) is 6.04 Å². The fourth-order valence-corrected chi connectivity index (χ4v) is 3.32. The van der Waals surface area contributed by atoms with E-state index in [1.54, 1.807) is 0 Å². The van der Waals surface area contributed by atoms with Crippen LogP contribution in [0.2, 0.25) is 0 Å². The third kappa shape index (κ3) is 2.80. The molecule has 2 nitrogen and oxygen atoms in total. The van der Waals surface area contributed by atoms with Crippen molar-refractivity contribution in [3.63, 3.8) is 0 Å². The van der Waals surface area contributed by atoms with Gasteiger partial charge >= 0.3 is 0 Å². The van der Waals surface area contributed by atoms with Crippen molar-refractivity contribution in [3.05, 3.63) is 23.0 Å². The summed E-state index contributed by atoms with van der Waals surface area (Å²) in [5.74, 6) is 1.73. The molecule has 2 heteroatoms. The molecule has 1 aromatic rings. The molecule has 1 N–H and O–H groups in total. The van der Waals surface area contributed by atoms with E-state index in [2.05, 4.69) is 50.7 Å². The van der Waals surface area contributed by atoms with Gasteiger partial charge in [-0.25, -0.2) is 0 Å². The van der Waals surface area contributed by atoms with E-state index >= 15 is 0 Å². The highest BCUT2D eigenvalue weighted by Crippen LogP contribution is 2.29. The molecule has 0 spiro atoms. The van der Waals surface area contributed by atoms with Crippen LogP contribution in [0.3, 0.4) is 0 Å². The van der Waals surface area contributed by atoms with Gasteiger partial charge < -0.3 is 9.88 Å². The summed E-state index contributed by atoms with van der Waals surface area (Å²) in [5.41, 5.74) is 4.22. The summed E-state index contributed by atoms with van der Waals surface area (Å²) in [5, 5.41) is 3.78. The number of hydrogen-bond acceptors (Lipinski definition) is 1. The van der Waals surface area contributed by atoms with Gasteiger partial charge in [-0.05, 0) is 56.6 Å². The van der Waals surface area contributed by atoms with Crippen LogP contribution in [0.15, 0.2) is 6.07 Å². The van der Waals surface area contributed by atoms with Gasteiger partial charge in [0.2, 0.25) is 0 Å². The Morgan fingerprint density at radius 1 is 1.28 bits per heavy atom. The van der Waals surface area contributed by atoms with Gasteiger partial charge in [0.25, 0.3) is 0 Å². The van der Waals surface area contributed by atoms with Crippen LogP contribution in [0.25, 0.3) is 0 Å². The Labute approximate surface area is 112 Å². The molecule has 1 saturated carbocycles. The van der Waals surface area contributed by atoms with Crippen molar-refractivity contribution in [2.24, 2.45) is 18.9 Å². The van der Waals surface area contributed by atoms with Crippen LogP contribution in [0, 0.1) is 25.7 Å². The van der Waals surface area contributed by atoms with Crippen LogP contribution < -0.4 is 5.32 Å². The Morgan fingerprint density at radius 2 is 2.00 bits per heavy atom. The molecule has 0 saturated heterocycles. The van der Waals surface area contributed by atoms with Crippen LogP contribution in [0.4, 0.5) is 0 Å². The third-order valence-corrected chi connectivity index (χ3v) is 4.87. The van der Waals surface area contributed by atoms with E-state index in [1.165, 1.54) is 36.2 Å². The molecule has 0 aromatic carbocycles. The summed E-state index contributed by atoms with van der Waals surface area (Å²) < 4.78 is 2.28. The second-order valence-corrected chi connectivity index (χ2v) is 6.34. The van der Waals surface area contributed by atoms with Gasteiger partial charge in [-0.1, -0.05) is 13.8 Å². The number of aromatic nitrogens is 1. The first kappa shape index (κ1) is 13.7. The molecular weight excluding hydrogens is 220 g/mol. The fraction of sp³-hybridized carbons (Fsp3) is 0.750. The molecule has 1 fully saturated rings. The van der Waals surface area contributed by atoms with Gasteiger partial charge in [0, 0.05) is 31.0 Å². The molecule has 2 rings (SSSR count). The molecule has 0 radical (unpaired) electrons. The number of rotatable bonds is 3. The topological polar surface area (TPSA) is 17.0 Å². The van der Waals surface area contributed by atoms with E-state index in [9.17, 15) is 0 Å². The Bertz CT molecular complexity index is 405. The minimum absolute atomic E-state index is 0.709. The van der Waals surface area contributed by atoms with Crippen LogP contribution in [-0.2, 0) is 13.6 Å². The second kappa shape index (κ2) is 5.48. The molecule has 0 amide bonds. The van der Waals surface area contributed by atoms with Crippen molar-refractivity contribution in [1.82, 2.24) is 9.88 Å². The highest BCUT2D eigenvalue weighted by Gasteiger charge is 2.24. The summed E-state index contributed by atoms with van der Waals surface area (Å²) >= 11 is 0. The van der Waals surface area contributed by atoms with Crippen LogP contribution in [-0.4, -0.2) is 10.6 Å². The Hall–Kier alpha value is -0.760. The maximum Gasteiger partial charge on any atom is 0.0226 e. The smallest absolute Gasteiger partial charge is 0.0226 e. The average molecular weight is 248 g/mol. The first-order valence-electron chi connectivity index (χ1n) is 7.34. The quantitative estimate of drug-likeness (QED) is 0.865. The average Bonchev–Trinajstić information content (AvgIpc) is 2.56. The molecule has 102 valence electrons. The zero-order valence-corrected chi connectivity index (χ0v) is 12.6. The van der Waals surface area contributed by atoms with Crippen LogP contribution in [0.5, 0.6) is 0 Å². The van der Waals surface area contributed by atoms with E-state index in [-0.39, 0.29) is 0 Å². The minimum Gasteiger partial charge on any atom is -0.352 e. The van der Waals surface area contributed by atoms with E-state index in [0.717, 1.165) is 18.4 Å². The number of nitrogens with zero attached hydrogens (tertiary/aromatic N) is 1. The zero-order valence-electron chi connectivity index (χ0n) is 12.6. The van der Waals surface area contributed by atoms with E-state index in [4.69, 9.17) is 0 Å². The molecule has 3 unspecified atom stereocenters. The minimum atomic E-state index is 0.709. The lowest BCUT2D eigenvalue weighted by atomic mass is 9.80. The highest BCUT2D eigenvalue weighted by molar-refractivity contribution is 5.26. The van der Waals surface area contributed by atoms with E-state index in [1.807, 2.05) is 0 Å². The number of hydrogen-bond donors (Lipinski definition) is 1. The molecule has 1 heterocycles. The van der Waals surface area contributed by atoms with Crippen molar-refractivity contribution in [3.8, 4) is 0 Å². The number of nitrogens with one attached hydrogen (secondary N) is 1. The second-order valence-electron chi connectivity index (χ2n) is 6.34. The molecule has 18 heavy (non-hydrogen) atoms. The summed E-state index contributed by atoms with van der Waals surface area (Å²) in [6.07, 6.45) is 4.10. The standard InChI is InChI=1S/C16H28N2/c1-11-6-7-16(12(2)8-11)17-10-15-9-13(3)18(5)14(15)4/h9,11-12,16-17H,6-8,10H2,1-5H3. The Balaban J connectivity index is 1.93.